The highest BCUT2D eigenvalue weighted by Gasteiger charge is 2.44. The van der Waals surface area contributed by atoms with Gasteiger partial charge in [-0.15, -0.1) is 0 Å². The monoisotopic (exact) mass is 331 g/mol. The quantitative estimate of drug-likeness (QED) is 0.872. The molecular weight excluding hydrogens is 319 g/mol. The van der Waals surface area contributed by atoms with E-state index in [1.54, 1.807) is 0 Å². The number of halogens is 3. The molecule has 0 aliphatic carbocycles. The van der Waals surface area contributed by atoms with Crippen LogP contribution in [0.4, 0.5) is 13.2 Å². The lowest BCUT2D eigenvalue weighted by molar-refractivity contribution is -0.167. The standard InChI is InChI=1S/C13H12F3N3O4/c1-7-2-3-9(23-7)11(13(14,15)16)17-10(20)6-19-5-4-8(18-19)12(21)22/h2-5,11H,6H2,1H3,(H,17,20)(H,21,22). The van der Waals surface area contributed by atoms with Crippen molar-refractivity contribution in [3.8, 4) is 0 Å². The average molecular weight is 331 g/mol. The number of carbonyl (C=O) groups excluding carboxylic acids is 1. The van der Waals surface area contributed by atoms with Crippen LogP contribution in [0, 0.1) is 6.92 Å². The summed E-state index contributed by atoms with van der Waals surface area (Å²) in [6, 6.07) is 1.32. The zero-order valence-electron chi connectivity index (χ0n) is 11.8. The van der Waals surface area contributed by atoms with Crippen molar-refractivity contribution in [3.63, 3.8) is 0 Å². The highest BCUT2D eigenvalue weighted by Crippen LogP contribution is 2.33. The van der Waals surface area contributed by atoms with Gasteiger partial charge in [-0.25, -0.2) is 4.79 Å². The Morgan fingerprint density at radius 3 is 2.57 bits per heavy atom. The first kappa shape index (κ1) is 16.6. The number of aromatic nitrogens is 2. The van der Waals surface area contributed by atoms with Crippen LogP contribution in [0.5, 0.6) is 0 Å². The number of nitrogens with one attached hydrogen (secondary N) is 1. The van der Waals surface area contributed by atoms with Crippen molar-refractivity contribution in [1.82, 2.24) is 15.1 Å². The molecule has 124 valence electrons. The Morgan fingerprint density at radius 2 is 2.09 bits per heavy atom. The Morgan fingerprint density at radius 1 is 1.39 bits per heavy atom. The molecule has 0 bridgehead atoms. The molecule has 0 aliphatic heterocycles. The lowest BCUT2D eigenvalue weighted by Gasteiger charge is -2.19. The summed E-state index contributed by atoms with van der Waals surface area (Å²) in [4.78, 5) is 22.4. The normalized spacial score (nSPS) is 12.9. The topological polar surface area (TPSA) is 97.4 Å². The Balaban J connectivity index is 2.10. The molecule has 1 atom stereocenters. The molecule has 0 aromatic carbocycles. The minimum Gasteiger partial charge on any atom is -0.476 e. The van der Waals surface area contributed by atoms with Crippen molar-refractivity contribution in [3.05, 3.63) is 41.6 Å². The van der Waals surface area contributed by atoms with E-state index in [1.165, 1.54) is 19.2 Å². The number of hydrogen-bond donors (Lipinski definition) is 2. The van der Waals surface area contributed by atoms with E-state index in [-0.39, 0.29) is 11.5 Å². The summed E-state index contributed by atoms with van der Waals surface area (Å²) < 4.78 is 45.0. The Kier molecular flexibility index (Phi) is 4.43. The van der Waals surface area contributed by atoms with Gasteiger partial charge in [0.05, 0.1) is 0 Å². The van der Waals surface area contributed by atoms with Gasteiger partial charge in [0.25, 0.3) is 0 Å². The number of aryl methyl sites for hydroxylation is 1. The second-order valence-corrected chi connectivity index (χ2v) is 4.69. The minimum absolute atomic E-state index is 0.279. The summed E-state index contributed by atoms with van der Waals surface area (Å²) in [5.41, 5.74) is -0.313. The third kappa shape index (κ3) is 4.11. The second-order valence-electron chi connectivity index (χ2n) is 4.69. The van der Waals surface area contributed by atoms with Crippen LogP contribution in [0.15, 0.2) is 28.8 Å². The molecular formula is C13H12F3N3O4. The molecule has 23 heavy (non-hydrogen) atoms. The van der Waals surface area contributed by atoms with E-state index >= 15 is 0 Å². The van der Waals surface area contributed by atoms with Crippen molar-refractivity contribution in [2.45, 2.75) is 25.7 Å². The van der Waals surface area contributed by atoms with Crippen LogP contribution in [-0.2, 0) is 11.3 Å². The van der Waals surface area contributed by atoms with E-state index < -0.39 is 36.4 Å². The highest BCUT2D eigenvalue weighted by atomic mass is 19.4. The number of alkyl halides is 3. The number of carbonyl (C=O) groups is 2. The van der Waals surface area contributed by atoms with E-state index in [2.05, 4.69) is 5.10 Å². The molecule has 0 spiro atoms. The summed E-state index contributed by atoms with van der Waals surface area (Å²) in [6.07, 6.45) is -3.56. The van der Waals surface area contributed by atoms with Crippen molar-refractivity contribution >= 4 is 11.9 Å². The predicted molar refractivity (Wildman–Crippen MR) is 69.6 cm³/mol. The fourth-order valence-electron chi connectivity index (χ4n) is 1.84. The predicted octanol–water partition coefficient (Wildman–Crippen LogP) is 1.90. The number of carboxylic acids is 1. The first-order chi connectivity index (χ1) is 10.7. The lowest BCUT2D eigenvalue weighted by Crippen LogP contribution is -2.39. The summed E-state index contributed by atoms with van der Waals surface area (Å²) in [7, 11) is 0. The number of furan rings is 1. The Hall–Kier alpha value is -2.78. The number of nitrogens with zero attached hydrogens (tertiary/aromatic N) is 2. The SMILES string of the molecule is Cc1ccc(C(NC(=O)Cn2ccc(C(=O)O)n2)C(F)(F)F)o1. The zero-order valence-corrected chi connectivity index (χ0v) is 11.8. The summed E-state index contributed by atoms with van der Waals surface area (Å²) >= 11 is 0. The molecule has 0 saturated carbocycles. The minimum atomic E-state index is -4.74. The average Bonchev–Trinajstić information content (AvgIpc) is 3.04. The summed E-state index contributed by atoms with van der Waals surface area (Å²) in [5.74, 6) is -2.44. The van der Waals surface area contributed by atoms with Crippen molar-refractivity contribution in [2.24, 2.45) is 0 Å². The summed E-state index contributed by atoms with van der Waals surface area (Å²) in [6.45, 7) is 0.926. The van der Waals surface area contributed by atoms with Gasteiger partial charge in [-0.2, -0.15) is 18.3 Å². The number of carboxylic acid groups (broad SMARTS) is 1. The number of amides is 1. The largest absolute Gasteiger partial charge is 0.476 e. The van der Waals surface area contributed by atoms with E-state index in [1.807, 2.05) is 5.32 Å². The molecule has 1 unspecified atom stereocenters. The van der Waals surface area contributed by atoms with Gasteiger partial charge < -0.3 is 14.8 Å². The smallest absolute Gasteiger partial charge is 0.415 e. The molecule has 10 heteroatoms. The van der Waals surface area contributed by atoms with E-state index in [0.29, 0.717) is 0 Å². The highest BCUT2D eigenvalue weighted by molar-refractivity contribution is 5.85. The van der Waals surface area contributed by atoms with Gasteiger partial charge in [0.15, 0.2) is 11.7 Å². The maximum Gasteiger partial charge on any atom is 0.415 e. The number of hydrogen-bond acceptors (Lipinski definition) is 4. The van der Waals surface area contributed by atoms with Crippen LogP contribution in [0.2, 0.25) is 0 Å². The first-order valence-electron chi connectivity index (χ1n) is 6.36. The molecule has 2 aromatic rings. The van der Waals surface area contributed by atoms with Crippen molar-refractivity contribution < 1.29 is 32.3 Å². The molecule has 2 rings (SSSR count). The van der Waals surface area contributed by atoms with Gasteiger partial charge in [-0.3, -0.25) is 9.48 Å². The molecule has 2 heterocycles. The van der Waals surface area contributed by atoms with Gasteiger partial charge in [0, 0.05) is 6.20 Å². The van der Waals surface area contributed by atoms with Crippen molar-refractivity contribution in [1.29, 1.82) is 0 Å². The van der Waals surface area contributed by atoms with Gasteiger partial charge >= 0.3 is 12.1 Å². The second kappa shape index (κ2) is 6.15. The zero-order chi connectivity index (χ0) is 17.2. The van der Waals surface area contributed by atoms with Crippen LogP contribution in [0.3, 0.4) is 0 Å². The third-order valence-electron chi connectivity index (χ3n) is 2.84. The van der Waals surface area contributed by atoms with E-state index in [4.69, 9.17) is 9.52 Å². The van der Waals surface area contributed by atoms with Crippen LogP contribution in [-0.4, -0.2) is 32.9 Å². The van der Waals surface area contributed by atoms with Crippen LogP contribution in [0.1, 0.15) is 28.1 Å². The molecule has 2 N–H and O–H groups in total. The van der Waals surface area contributed by atoms with Gasteiger partial charge in [0.1, 0.15) is 18.1 Å². The van der Waals surface area contributed by atoms with Gasteiger partial charge in [0.2, 0.25) is 5.91 Å². The van der Waals surface area contributed by atoms with E-state index in [0.717, 1.165) is 16.8 Å². The van der Waals surface area contributed by atoms with Gasteiger partial charge in [-0.1, -0.05) is 0 Å². The molecule has 1 amide bonds. The van der Waals surface area contributed by atoms with Crippen molar-refractivity contribution in [2.75, 3.05) is 0 Å². The van der Waals surface area contributed by atoms with Crippen LogP contribution in [0.25, 0.3) is 0 Å². The molecule has 7 nitrogen and oxygen atoms in total. The maximum absolute atomic E-state index is 13.0. The Labute approximate surface area is 127 Å². The molecule has 0 aliphatic rings. The van der Waals surface area contributed by atoms with E-state index in [9.17, 15) is 22.8 Å². The van der Waals surface area contributed by atoms with Crippen LogP contribution < -0.4 is 5.32 Å². The first-order valence-corrected chi connectivity index (χ1v) is 6.36. The van der Waals surface area contributed by atoms with Gasteiger partial charge in [-0.05, 0) is 25.1 Å². The Bertz CT molecular complexity index is 720. The molecule has 0 radical (unpaired) electrons. The molecule has 0 fully saturated rings. The number of rotatable bonds is 5. The summed E-state index contributed by atoms with van der Waals surface area (Å²) in [5, 5.41) is 14.1. The fourth-order valence-corrected chi connectivity index (χ4v) is 1.84. The number of aromatic carboxylic acids is 1. The lowest BCUT2D eigenvalue weighted by atomic mass is 10.2. The van der Waals surface area contributed by atoms with Crippen LogP contribution >= 0.6 is 0 Å². The molecule has 0 saturated heterocycles. The fraction of sp³-hybridized carbons (Fsp3) is 0.308. The maximum atomic E-state index is 13.0. The third-order valence-corrected chi connectivity index (χ3v) is 2.84. The molecule has 2 aromatic heterocycles.